The molecule has 0 saturated carbocycles. The monoisotopic (exact) mass is 390 g/mol. The summed E-state index contributed by atoms with van der Waals surface area (Å²) in [4.78, 5) is 19.8. The van der Waals surface area contributed by atoms with Gasteiger partial charge in [-0.25, -0.2) is 0 Å². The van der Waals surface area contributed by atoms with Crippen molar-refractivity contribution in [3.05, 3.63) is 65.2 Å². The molecule has 0 unspecified atom stereocenters. The summed E-state index contributed by atoms with van der Waals surface area (Å²) in [5.74, 6) is 0.808. The maximum atomic E-state index is 13.4. The van der Waals surface area contributed by atoms with Crippen LogP contribution in [0.2, 0.25) is 0 Å². The molecule has 5 nitrogen and oxygen atoms in total. The van der Waals surface area contributed by atoms with Gasteiger partial charge in [-0.05, 0) is 54.7 Å². The molecule has 150 valence electrons. The lowest BCUT2D eigenvalue weighted by Gasteiger charge is -2.61. The highest BCUT2D eigenvalue weighted by Gasteiger charge is 2.63. The van der Waals surface area contributed by atoms with Gasteiger partial charge in [0, 0.05) is 36.7 Å². The molecule has 2 aromatic carbocycles. The van der Waals surface area contributed by atoms with Gasteiger partial charge < -0.3 is 14.7 Å². The SMILES string of the molecule is COc1ccc2c(c1)[C@]13CCN=CC[C@@]1(O)[C@@H](C2)N(C(=O)c1ccccc1)CC3. The molecule has 1 saturated heterocycles. The summed E-state index contributed by atoms with van der Waals surface area (Å²) < 4.78 is 5.50. The number of likely N-dealkylation sites (tertiary alicyclic amines) is 1. The van der Waals surface area contributed by atoms with Crippen molar-refractivity contribution in [3.8, 4) is 5.75 Å². The van der Waals surface area contributed by atoms with Crippen LogP contribution < -0.4 is 4.74 Å². The van der Waals surface area contributed by atoms with Gasteiger partial charge in [0.05, 0.1) is 13.2 Å². The number of fused-ring (bicyclic) bond motifs is 1. The van der Waals surface area contributed by atoms with Crippen LogP contribution in [-0.4, -0.2) is 54.0 Å². The number of aliphatic hydroxyl groups is 1. The number of nitrogens with zero attached hydrogens (tertiary/aromatic N) is 2. The van der Waals surface area contributed by atoms with Gasteiger partial charge in [0.1, 0.15) is 11.4 Å². The second-order valence-corrected chi connectivity index (χ2v) is 8.41. The predicted octanol–water partition coefficient (Wildman–Crippen LogP) is 3.00. The summed E-state index contributed by atoms with van der Waals surface area (Å²) in [6, 6.07) is 15.3. The lowest BCUT2D eigenvalue weighted by atomic mass is 9.52. The number of methoxy groups -OCH3 is 1. The largest absolute Gasteiger partial charge is 0.497 e. The first-order valence-corrected chi connectivity index (χ1v) is 10.3. The van der Waals surface area contributed by atoms with Gasteiger partial charge in [-0.3, -0.25) is 9.79 Å². The third-order valence-electron chi connectivity index (χ3n) is 7.26. The maximum Gasteiger partial charge on any atom is 0.254 e. The smallest absolute Gasteiger partial charge is 0.254 e. The first kappa shape index (κ1) is 18.4. The standard InChI is InChI=1S/C24H26N2O3/c1-29-19-8-7-18-15-21-24(28)10-13-25-12-9-23(24,20(18)16-19)11-14-26(21)22(27)17-5-3-2-4-6-17/h2-8,13,16,21,28H,9-12,14-15H2,1H3/t21-,23-,24-/m1/s1. The number of rotatable bonds is 2. The third kappa shape index (κ3) is 2.57. The molecule has 29 heavy (non-hydrogen) atoms. The molecule has 5 rings (SSSR count). The van der Waals surface area contributed by atoms with Crippen molar-refractivity contribution in [1.82, 2.24) is 4.90 Å². The fourth-order valence-electron chi connectivity index (χ4n) is 5.77. The van der Waals surface area contributed by atoms with Crippen LogP contribution in [0.3, 0.4) is 0 Å². The Morgan fingerprint density at radius 2 is 2.03 bits per heavy atom. The van der Waals surface area contributed by atoms with Crippen molar-refractivity contribution >= 4 is 12.1 Å². The van der Waals surface area contributed by atoms with Gasteiger partial charge in [0.2, 0.25) is 0 Å². The molecule has 0 spiro atoms. The topological polar surface area (TPSA) is 62.1 Å². The molecule has 0 radical (unpaired) electrons. The van der Waals surface area contributed by atoms with Gasteiger partial charge in [0.25, 0.3) is 5.91 Å². The van der Waals surface area contributed by atoms with Crippen LogP contribution in [0.1, 0.15) is 40.7 Å². The zero-order valence-electron chi connectivity index (χ0n) is 16.7. The van der Waals surface area contributed by atoms with Gasteiger partial charge >= 0.3 is 0 Å². The van der Waals surface area contributed by atoms with E-state index in [4.69, 9.17) is 4.74 Å². The van der Waals surface area contributed by atoms with Gasteiger partial charge in [0.15, 0.2) is 0 Å². The van der Waals surface area contributed by atoms with Crippen molar-refractivity contribution in [2.45, 2.75) is 42.7 Å². The van der Waals surface area contributed by atoms with E-state index >= 15 is 0 Å². The van der Waals surface area contributed by atoms with Crippen molar-refractivity contribution in [2.75, 3.05) is 20.2 Å². The van der Waals surface area contributed by atoms with E-state index in [0.717, 1.165) is 18.6 Å². The van der Waals surface area contributed by atoms with Gasteiger partial charge in [-0.1, -0.05) is 24.3 Å². The number of aliphatic imine (C=N–C) groups is 1. The Morgan fingerprint density at radius 3 is 2.83 bits per heavy atom. The van der Waals surface area contributed by atoms with Gasteiger partial charge in [-0.2, -0.15) is 0 Å². The van der Waals surface area contributed by atoms with E-state index in [-0.39, 0.29) is 11.9 Å². The molecule has 3 aliphatic rings. The first-order valence-electron chi connectivity index (χ1n) is 10.3. The maximum absolute atomic E-state index is 13.4. The Morgan fingerprint density at radius 1 is 1.21 bits per heavy atom. The van der Waals surface area contributed by atoms with Crippen LogP contribution >= 0.6 is 0 Å². The molecule has 2 heterocycles. The molecule has 2 aliphatic heterocycles. The fraction of sp³-hybridized carbons (Fsp3) is 0.417. The molecule has 5 heteroatoms. The van der Waals surface area contributed by atoms with E-state index in [2.05, 4.69) is 17.1 Å². The van der Waals surface area contributed by atoms with Crippen LogP contribution in [0.5, 0.6) is 5.75 Å². The molecular formula is C24H26N2O3. The number of ether oxygens (including phenoxy) is 1. The Hall–Kier alpha value is -2.66. The second kappa shape index (κ2) is 6.70. The van der Waals surface area contributed by atoms with Crippen molar-refractivity contribution in [3.63, 3.8) is 0 Å². The molecule has 2 aromatic rings. The number of piperidine rings is 1. The highest BCUT2D eigenvalue weighted by Crippen LogP contribution is 2.55. The fourth-order valence-corrected chi connectivity index (χ4v) is 5.77. The van der Waals surface area contributed by atoms with E-state index in [9.17, 15) is 9.90 Å². The molecule has 1 fully saturated rings. The normalized spacial score (nSPS) is 30.1. The lowest BCUT2D eigenvalue weighted by Crippen LogP contribution is -2.72. The summed E-state index contributed by atoms with van der Waals surface area (Å²) in [6.07, 6.45) is 4.47. The Bertz CT molecular complexity index is 973. The molecule has 3 atom stereocenters. The number of benzene rings is 2. The molecule has 1 amide bonds. The number of hydrogen-bond acceptors (Lipinski definition) is 4. The molecule has 1 aliphatic carbocycles. The first-order chi connectivity index (χ1) is 14.1. The minimum absolute atomic E-state index is 0.00391. The van der Waals surface area contributed by atoms with Crippen molar-refractivity contribution < 1.29 is 14.6 Å². The zero-order valence-corrected chi connectivity index (χ0v) is 16.7. The molecule has 1 N–H and O–H groups in total. The van der Waals surface area contributed by atoms with Crippen LogP contribution in [0.4, 0.5) is 0 Å². The predicted molar refractivity (Wildman–Crippen MR) is 112 cm³/mol. The Labute approximate surface area is 171 Å². The number of carbonyl (C=O) groups excluding carboxylic acids is 1. The second-order valence-electron chi connectivity index (χ2n) is 8.41. The minimum Gasteiger partial charge on any atom is -0.497 e. The lowest BCUT2D eigenvalue weighted by molar-refractivity contribution is -0.131. The van der Waals surface area contributed by atoms with Crippen molar-refractivity contribution in [1.29, 1.82) is 0 Å². The summed E-state index contributed by atoms with van der Waals surface area (Å²) in [5, 5.41) is 12.2. The van der Waals surface area contributed by atoms with E-state index in [1.807, 2.05) is 47.5 Å². The molecule has 0 aromatic heterocycles. The summed E-state index contributed by atoms with van der Waals surface area (Å²) in [6.45, 7) is 1.33. The average Bonchev–Trinajstić information content (AvgIpc) is 2.94. The van der Waals surface area contributed by atoms with Crippen LogP contribution in [0.15, 0.2) is 53.5 Å². The third-order valence-corrected chi connectivity index (χ3v) is 7.26. The Kier molecular flexibility index (Phi) is 4.24. The molecular weight excluding hydrogens is 364 g/mol. The summed E-state index contributed by atoms with van der Waals surface area (Å²) >= 11 is 0. The summed E-state index contributed by atoms with van der Waals surface area (Å²) in [7, 11) is 1.68. The number of amides is 1. The van der Waals surface area contributed by atoms with E-state index in [0.29, 0.717) is 31.5 Å². The quantitative estimate of drug-likeness (QED) is 0.858. The highest BCUT2D eigenvalue weighted by molar-refractivity contribution is 5.94. The minimum atomic E-state index is -1.03. The molecule has 2 bridgehead atoms. The van der Waals surface area contributed by atoms with Crippen LogP contribution in [0, 0.1) is 0 Å². The van der Waals surface area contributed by atoms with Crippen molar-refractivity contribution in [2.24, 2.45) is 4.99 Å². The average molecular weight is 390 g/mol. The van der Waals surface area contributed by atoms with E-state index in [1.54, 1.807) is 7.11 Å². The van der Waals surface area contributed by atoms with Crippen LogP contribution in [-0.2, 0) is 11.8 Å². The Balaban J connectivity index is 1.64. The highest BCUT2D eigenvalue weighted by atomic mass is 16.5. The summed E-state index contributed by atoms with van der Waals surface area (Å²) in [5.41, 5.74) is 1.60. The van der Waals surface area contributed by atoms with Gasteiger partial charge in [-0.15, -0.1) is 0 Å². The van der Waals surface area contributed by atoms with Crippen LogP contribution in [0.25, 0.3) is 0 Å². The zero-order chi connectivity index (χ0) is 20.1. The number of hydrogen-bond donors (Lipinski definition) is 1. The van der Waals surface area contributed by atoms with E-state index in [1.165, 1.54) is 11.1 Å². The number of carbonyl (C=O) groups is 1. The van der Waals surface area contributed by atoms with E-state index < -0.39 is 11.0 Å².